The van der Waals surface area contributed by atoms with Crippen LogP contribution in [0.4, 0.5) is 4.39 Å². The summed E-state index contributed by atoms with van der Waals surface area (Å²) < 4.78 is 13.1. The first-order valence-electron chi connectivity index (χ1n) is 3.26. The predicted octanol–water partition coefficient (Wildman–Crippen LogP) is 2.61. The van der Waals surface area contributed by atoms with E-state index in [4.69, 9.17) is 11.6 Å². The molecule has 0 aliphatic rings. The quantitative estimate of drug-likeness (QED) is 0.527. The Labute approximate surface area is 74.6 Å². The van der Waals surface area contributed by atoms with Gasteiger partial charge in [0.2, 0.25) is 0 Å². The van der Waals surface area contributed by atoms with Gasteiger partial charge in [-0.15, -0.1) is 5.16 Å². The van der Waals surface area contributed by atoms with Crippen molar-refractivity contribution in [2.45, 2.75) is 6.61 Å². The number of nitrogens with zero attached hydrogens (tertiary/aromatic N) is 1. The van der Waals surface area contributed by atoms with E-state index in [0.717, 1.165) is 0 Å². The van der Waals surface area contributed by atoms with Crippen molar-refractivity contribution in [2.75, 3.05) is 0 Å². The molecule has 0 spiro atoms. The van der Waals surface area contributed by atoms with E-state index in [2.05, 4.69) is 16.7 Å². The zero-order valence-electron chi connectivity index (χ0n) is 6.26. The molecule has 0 heterocycles. The molecular weight excluding hydrogens is 181 g/mol. The van der Waals surface area contributed by atoms with Crippen LogP contribution in [0.1, 0.15) is 5.56 Å². The van der Waals surface area contributed by atoms with E-state index in [-0.39, 0.29) is 11.6 Å². The zero-order valence-corrected chi connectivity index (χ0v) is 7.01. The van der Waals surface area contributed by atoms with E-state index in [0.29, 0.717) is 5.56 Å². The van der Waals surface area contributed by atoms with E-state index in [1.807, 2.05) is 0 Å². The molecule has 0 N–H and O–H groups in total. The summed E-state index contributed by atoms with van der Waals surface area (Å²) in [4.78, 5) is 4.57. The molecule has 0 aliphatic heterocycles. The summed E-state index contributed by atoms with van der Waals surface area (Å²) in [6.45, 7) is 3.15. The van der Waals surface area contributed by atoms with Gasteiger partial charge >= 0.3 is 0 Å². The molecule has 64 valence electrons. The molecule has 0 fully saturated rings. The fourth-order valence-corrected chi connectivity index (χ4v) is 0.969. The van der Waals surface area contributed by atoms with Gasteiger partial charge in [0, 0.05) is 12.3 Å². The van der Waals surface area contributed by atoms with Crippen LogP contribution in [0.2, 0.25) is 5.02 Å². The first-order valence-corrected chi connectivity index (χ1v) is 3.64. The Balaban J connectivity index is 2.84. The molecule has 0 aliphatic carbocycles. The van der Waals surface area contributed by atoms with Gasteiger partial charge in [0.05, 0.1) is 5.02 Å². The van der Waals surface area contributed by atoms with Crippen molar-refractivity contribution < 1.29 is 9.23 Å². The second-order valence-corrected chi connectivity index (χ2v) is 2.52. The lowest BCUT2D eigenvalue weighted by molar-refractivity contribution is 0.130. The molecule has 0 amide bonds. The predicted molar refractivity (Wildman–Crippen MR) is 45.7 cm³/mol. The summed E-state index contributed by atoms with van der Waals surface area (Å²) >= 11 is 5.52. The highest BCUT2D eigenvalue weighted by atomic mass is 35.5. The Morgan fingerprint density at radius 3 is 3.00 bits per heavy atom. The lowest BCUT2D eigenvalue weighted by atomic mass is 10.2. The molecule has 1 rings (SSSR count). The van der Waals surface area contributed by atoms with Crippen LogP contribution in [0.5, 0.6) is 0 Å². The summed E-state index contributed by atoms with van der Waals surface area (Å²) in [6, 6.07) is 4.70. The number of benzene rings is 1. The van der Waals surface area contributed by atoms with Gasteiger partial charge in [-0.25, -0.2) is 4.39 Å². The van der Waals surface area contributed by atoms with E-state index in [1.54, 1.807) is 12.1 Å². The Hall–Kier alpha value is -1.09. The van der Waals surface area contributed by atoms with Crippen LogP contribution in [-0.2, 0) is 11.4 Å². The minimum absolute atomic E-state index is 0.0515. The smallest absolute Gasteiger partial charge is 0.148 e. The average Bonchev–Trinajstić information content (AvgIpc) is 2.08. The van der Waals surface area contributed by atoms with Gasteiger partial charge in [0.15, 0.2) is 0 Å². The van der Waals surface area contributed by atoms with Crippen molar-refractivity contribution in [1.29, 1.82) is 0 Å². The summed E-state index contributed by atoms with van der Waals surface area (Å²) in [5.74, 6) is -0.470. The van der Waals surface area contributed by atoms with Crippen molar-refractivity contribution in [3.8, 4) is 0 Å². The number of hydrogen-bond acceptors (Lipinski definition) is 2. The van der Waals surface area contributed by atoms with Crippen LogP contribution in [-0.4, -0.2) is 6.72 Å². The van der Waals surface area contributed by atoms with Crippen LogP contribution >= 0.6 is 11.6 Å². The fraction of sp³-hybridized carbons (Fsp3) is 0.125. The third kappa shape index (κ3) is 1.95. The highest BCUT2D eigenvalue weighted by Gasteiger charge is 2.05. The van der Waals surface area contributed by atoms with Gasteiger partial charge in [0.1, 0.15) is 12.4 Å². The number of rotatable bonds is 3. The first kappa shape index (κ1) is 9.00. The summed E-state index contributed by atoms with van der Waals surface area (Å²) in [7, 11) is 0. The Morgan fingerprint density at radius 1 is 1.58 bits per heavy atom. The topological polar surface area (TPSA) is 21.6 Å². The van der Waals surface area contributed by atoms with Gasteiger partial charge in [0.25, 0.3) is 0 Å². The second-order valence-electron chi connectivity index (χ2n) is 2.12. The number of oxime groups is 1. The van der Waals surface area contributed by atoms with Gasteiger partial charge in [-0.3, -0.25) is 0 Å². The van der Waals surface area contributed by atoms with Crippen molar-refractivity contribution in [2.24, 2.45) is 5.16 Å². The minimum atomic E-state index is -0.470. The van der Waals surface area contributed by atoms with Crippen LogP contribution in [0.15, 0.2) is 23.4 Å². The van der Waals surface area contributed by atoms with Crippen LogP contribution in [0.3, 0.4) is 0 Å². The Bertz CT molecular complexity index is 290. The molecule has 0 atom stereocenters. The van der Waals surface area contributed by atoms with Crippen LogP contribution in [0.25, 0.3) is 0 Å². The van der Waals surface area contributed by atoms with E-state index in [9.17, 15) is 4.39 Å². The van der Waals surface area contributed by atoms with Crippen molar-refractivity contribution >= 4 is 18.3 Å². The molecule has 0 saturated carbocycles. The Kier molecular flexibility index (Phi) is 3.05. The summed E-state index contributed by atoms with van der Waals surface area (Å²) in [5, 5.41) is 3.23. The maximum absolute atomic E-state index is 13.1. The SMILES string of the molecule is C=NOCc1cccc(Cl)c1F. The van der Waals surface area contributed by atoms with E-state index in [1.165, 1.54) is 6.07 Å². The monoisotopic (exact) mass is 187 g/mol. The molecule has 2 nitrogen and oxygen atoms in total. The standard InChI is InChI=1S/C8H7ClFNO/c1-11-12-5-6-3-2-4-7(9)8(6)10/h2-4H,1,5H2. The number of halogens is 2. The number of hydrogen-bond donors (Lipinski definition) is 0. The van der Waals surface area contributed by atoms with Gasteiger partial charge in [-0.2, -0.15) is 0 Å². The van der Waals surface area contributed by atoms with Gasteiger partial charge in [-0.1, -0.05) is 23.7 Å². The van der Waals surface area contributed by atoms with Crippen LogP contribution in [0, 0.1) is 5.82 Å². The molecule has 4 heteroatoms. The normalized spacial score (nSPS) is 9.50. The molecule has 1 aromatic carbocycles. The minimum Gasteiger partial charge on any atom is -0.391 e. The lowest BCUT2D eigenvalue weighted by Gasteiger charge is -2.01. The molecule has 12 heavy (non-hydrogen) atoms. The lowest BCUT2D eigenvalue weighted by Crippen LogP contribution is -1.91. The van der Waals surface area contributed by atoms with E-state index < -0.39 is 5.82 Å². The molecule has 0 radical (unpaired) electrons. The molecule has 0 aromatic heterocycles. The average molecular weight is 188 g/mol. The molecule has 0 bridgehead atoms. The van der Waals surface area contributed by atoms with Crippen molar-refractivity contribution in [1.82, 2.24) is 0 Å². The third-order valence-electron chi connectivity index (χ3n) is 1.34. The zero-order chi connectivity index (χ0) is 8.97. The Morgan fingerprint density at radius 2 is 2.33 bits per heavy atom. The summed E-state index contributed by atoms with van der Waals surface area (Å²) in [6.07, 6.45) is 0. The van der Waals surface area contributed by atoms with Crippen molar-refractivity contribution in [3.63, 3.8) is 0 Å². The van der Waals surface area contributed by atoms with Crippen LogP contribution < -0.4 is 0 Å². The maximum atomic E-state index is 13.1. The third-order valence-corrected chi connectivity index (χ3v) is 1.63. The fourth-order valence-electron chi connectivity index (χ4n) is 0.775. The maximum Gasteiger partial charge on any atom is 0.148 e. The highest BCUT2D eigenvalue weighted by molar-refractivity contribution is 6.30. The first-order chi connectivity index (χ1) is 5.75. The molecular formula is C8H7ClFNO. The second kappa shape index (κ2) is 4.07. The summed E-state index contributed by atoms with van der Waals surface area (Å²) in [5.41, 5.74) is 0.370. The molecule has 0 unspecified atom stereocenters. The molecule has 1 aromatic rings. The largest absolute Gasteiger partial charge is 0.391 e. The van der Waals surface area contributed by atoms with Gasteiger partial charge in [-0.05, 0) is 6.07 Å². The molecule has 0 saturated heterocycles. The van der Waals surface area contributed by atoms with E-state index >= 15 is 0 Å². The highest BCUT2D eigenvalue weighted by Crippen LogP contribution is 2.18. The van der Waals surface area contributed by atoms with Gasteiger partial charge < -0.3 is 4.84 Å². The van der Waals surface area contributed by atoms with Crippen molar-refractivity contribution in [3.05, 3.63) is 34.6 Å².